The van der Waals surface area contributed by atoms with Crippen molar-refractivity contribution in [3.63, 3.8) is 0 Å². The van der Waals surface area contributed by atoms with E-state index in [4.69, 9.17) is 0 Å². The summed E-state index contributed by atoms with van der Waals surface area (Å²) in [5.41, 5.74) is 3.16. The predicted octanol–water partition coefficient (Wildman–Crippen LogP) is 3.07. The monoisotopic (exact) mass is 475 g/mol. The topological polar surface area (TPSA) is 124 Å². The second-order valence-corrected chi connectivity index (χ2v) is 9.68. The third kappa shape index (κ3) is 4.42. The number of hydrogen-bond donors (Lipinski definition) is 2. The number of hydrogen-bond acceptors (Lipinski definition) is 5. The van der Waals surface area contributed by atoms with Crippen LogP contribution in [0, 0.1) is 0 Å². The van der Waals surface area contributed by atoms with Gasteiger partial charge in [-0.2, -0.15) is 0 Å². The van der Waals surface area contributed by atoms with Crippen molar-refractivity contribution in [3.8, 4) is 22.6 Å². The zero-order valence-corrected chi connectivity index (χ0v) is 19.2. The van der Waals surface area contributed by atoms with Gasteiger partial charge in [0, 0.05) is 29.9 Å². The third-order valence-corrected chi connectivity index (χ3v) is 7.33. The molecule has 0 amide bonds. The smallest absolute Gasteiger partial charge is 0.267 e. The van der Waals surface area contributed by atoms with Gasteiger partial charge in [0.15, 0.2) is 0 Å². The summed E-state index contributed by atoms with van der Waals surface area (Å²) in [6.45, 7) is 3.19. The van der Waals surface area contributed by atoms with Crippen LogP contribution < -0.4 is 5.32 Å². The molecule has 1 saturated heterocycles. The molecule has 0 saturated carbocycles. The lowest BCUT2D eigenvalue weighted by molar-refractivity contribution is 0.371. The van der Waals surface area contributed by atoms with E-state index in [1.165, 1.54) is 3.97 Å². The second kappa shape index (κ2) is 9.41. The Balaban J connectivity index is 0.00000144. The first-order valence-electron chi connectivity index (χ1n) is 10.1. The summed E-state index contributed by atoms with van der Waals surface area (Å²) in [7, 11) is -3.62. The summed E-state index contributed by atoms with van der Waals surface area (Å²) in [5.74, 6) is 1.39. The number of piperidine rings is 1. The van der Waals surface area contributed by atoms with E-state index in [-0.39, 0.29) is 22.8 Å². The zero-order valence-electron chi connectivity index (χ0n) is 17.5. The molecule has 8 nitrogen and oxygen atoms in total. The number of nitrogens with zero attached hydrogens (tertiary/aromatic N) is 3. The van der Waals surface area contributed by atoms with Gasteiger partial charge >= 0.3 is 0 Å². The fourth-order valence-corrected chi connectivity index (χ4v) is 5.28. The van der Waals surface area contributed by atoms with Crippen molar-refractivity contribution in [1.29, 1.82) is 0 Å². The molecule has 3 aliphatic heterocycles. The van der Waals surface area contributed by atoms with Gasteiger partial charge in [-0.1, -0.05) is 18.2 Å². The first-order valence-corrected chi connectivity index (χ1v) is 11.5. The fourth-order valence-electron chi connectivity index (χ4n) is 4.06. The van der Waals surface area contributed by atoms with E-state index in [1.807, 2.05) is 6.07 Å². The lowest BCUT2D eigenvalue weighted by Crippen LogP contribution is -2.35. The Bertz CT molecular complexity index is 1260. The van der Waals surface area contributed by atoms with E-state index < -0.39 is 10.0 Å². The van der Waals surface area contributed by atoms with Crippen LogP contribution in [0.5, 0.6) is 0 Å². The summed E-state index contributed by atoms with van der Waals surface area (Å²) in [6, 6.07) is 12.6. The number of halogens is 1. The Morgan fingerprint density at radius 1 is 1.12 bits per heavy atom. The largest absolute Gasteiger partial charge is 0.412 e. The number of aromatic amines is 1. The summed E-state index contributed by atoms with van der Waals surface area (Å²) < 4.78 is 26.9. The van der Waals surface area contributed by atoms with Crippen LogP contribution in [0.15, 0.2) is 66.0 Å². The van der Waals surface area contributed by atoms with Gasteiger partial charge in [0.25, 0.3) is 10.0 Å². The molecule has 0 aliphatic carbocycles. The highest BCUT2D eigenvalue weighted by atomic mass is 35.5. The van der Waals surface area contributed by atoms with Crippen LogP contribution in [-0.4, -0.2) is 45.4 Å². The molecule has 4 heterocycles. The summed E-state index contributed by atoms with van der Waals surface area (Å²) in [6.07, 6.45) is 7.07. The Labute approximate surface area is 193 Å². The van der Waals surface area contributed by atoms with Gasteiger partial charge in [0.05, 0.1) is 22.5 Å². The Morgan fingerprint density at radius 3 is 2.66 bits per heavy atom. The van der Waals surface area contributed by atoms with Gasteiger partial charge in [-0.15, -0.1) is 12.4 Å². The van der Waals surface area contributed by atoms with Crippen molar-refractivity contribution in [2.75, 3.05) is 6.54 Å². The van der Waals surface area contributed by atoms with Crippen LogP contribution in [0.1, 0.15) is 31.5 Å². The number of benzene rings is 1. The highest BCUT2D eigenvalue weighted by Crippen LogP contribution is 2.31. The van der Waals surface area contributed by atoms with E-state index >= 15 is 0 Å². The van der Waals surface area contributed by atoms with Crippen molar-refractivity contribution in [2.45, 2.75) is 36.6 Å². The van der Waals surface area contributed by atoms with Gasteiger partial charge in [0.2, 0.25) is 0 Å². The highest BCUT2D eigenvalue weighted by Gasteiger charge is 2.23. The molecule has 1 aromatic heterocycles. The Hall–Kier alpha value is -2.72. The standard InChI is InChI=1S/C22H23N5O2S.ClH.H2O/c1-15-11-16(7-9-23-15)22-24-13-21-20(26-22)12-19(25-21)17-8-10-27(14-17)30(28,29)18-5-3-2-4-6-18;;/h2-6,8,10,12-16,23H,7,9,11H2,1H3,(H,24,26);1H;1H2. The maximum absolute atomic E-state index is 12.8. The van der Waals surface area contributed by atoms with Crippen LogP contribution in [0.3, 0.4) is 0 Å². The van der Waals surface area contributed by atoms with E-state index in [2.05, 4.69) is 27.2 Å². The minimum Gasteiger partial charge on any atom is -0.412 e. The molecular weight excluding hydrogens is 450 g/mol. The van der Waals surface area contributed by atoms with E-state index in [0.29, 0.717) is 12.0 Å². The molecule has 2 atom stereocenters. The third-order valence-electron chi connectivity index (χ3n) is 5.68. The van der Waals surface area contributed by atoms with Crippen molar-refractivity contribution in [2.24, 2.45) is 0 Å². The molecule has 1 fully saturated rings. The molecule has 5 rings (SSSR count). The molecule has 4 N–H and O–H groups in total. The first-order chi connectivity index (χ1) is 14.5. The number of nitrogens with one attached hydrogen (secondary N) is 2. The van der Waals surface area contributed by atoms with Crippen LogP contribution in [-0.2, 0) is 10.0 Å². The molecule has 2 unspecified atom stereocenters. The minimum absolute atomic E-state index is 0. The molecular formula is C22H26ClN5O3S. The van der Waals surface area contributed by atoms with Gasteiger partial charge in [-0.3, -0.25) is 0 Å². The van der Waals surface area contributed by atoms with Crippen LogP contribution in [0.25, 0.3) is 22.6 Å². The zero-order chi connectivity index (χ0) is 20.7. The van der Waals surface area contributed by atoms with Crippen LogP contribution in [0.2, 0.25) is 0 Å². The Kier molecular flexibility index (Phi) is 7.04. The quantitative estimate of drug-likeness (QED) is 0.469. The summed E-state index contributed by atoms with van der Waals surface area (Å²) in [4.78, 5) is 12.9. The number of aromatic nitrogens is 4. The van der Waals surface area contributed by atoms with Crippen molar-refractivity contribution < 1.29 is 13.9 Å². The average molecular weight is 476 g/mol. The number of H-pyrrole nitrogens is 1. The maximum atomic E-state index is 12.8. The molecule has 170 valence electrons. The Morgan fingerprint density at radius 2 is 1.91 bits per heavy atom. The number of rotatable bonds is 4. The van der Waals surface area contributed by atoms with Gasteiger partial charge < -0.3 is 15.8 Å². The maximum Gasteiger partial charge on any atom is 0.267 e. The molecule has 10 heteroatoms. The molecule has 0 bridgehead atoms. The van der Waals surface area contributed by atoms with Gasteiger partial charge in [0.1, 0.15) is 11.5 Å². The summed E-state index contributed by atoms with van der Waals surface area (Å²) in [5, 5.41) is 3.47. The van der Waals surface area contributed by atoms with E-state index in [1.54, 1.807) is 55.0 Å². The average Bonchev–Trinajstić information content (AvgIpc) is 3.41. The van der Waals surface area contributed by atoms with Crippen molar-refractivity contribution in [3.05, 3.63) is 66.9 Å². The molecule has 32 heavy (non-hydrogen) atoms. The van der Waals surface area contributed by atoms with E-state index in [9.17, 15) is 8.42 Å². The first kappa shape index (κ1) is 23.9. The highest BCUT2D eigenvalue weighted by molar-refractivity contribution is 7.90. The normalized spacial score (nSPS) is 18.7. The van der Waals surface area contributed by atoms with Gasteiger partial charge in [-0.05, 0) is 50.6 Å². The second-order valence-electron chi connectivity index (χ2n) is 7.83. The fraction of sp³-hybridized carbons (Fsp3) is 0.273. The van der Waals surface area contributed by atoms with Crippen LogP contribution in [0.4, 0.5) is 0 Å². The lowest BCUT2D eigenvalue weighted by atomic mass is 9.92. The minimum atomic E-state index is -3.62. The predicted molar refractivity (Wildman–Crippen MR) is 126 cm³/mol. The molecule has 3 aliphatic rings. The van der Waals surface area contributed by atoms with Crippen molar-refractivity contribution in [1.82, 2.24) is 24.2 Å². The lowest BCUT2D eigenvalue weighted by Gasteiger charge is -2.27. The SMILES string of the molecule is CC1CC(c2ncc3nc(-c4ccn(S(=O)(=O)c5ccccc5)c4)cc-3[nH]2)CCN1.Cl.O. The molecule has 2 aromatic rings. The molecule has 0 radical (unpaired) electrons. The molecule has 0 spiro atoms. The summed E-state index contributed by atoms with van der Waals surface area (Å²) >= 11 is 0. The van der Waals surface area contributed by atoms with Gasteiger partial charge in [-0.25, -0.2) is 22.4 Å². The van der Waals surface area contributed by atoms with E-state index in [0.717, 1.165) is 47.9 Å². The molecule has 1 aromatic carbocycles. The van der Waals surface area contributed by atoms with Crippen LogP contribution >= 0.6 is 12.4 Å². The van der Waals surface area contributed by atoms with Crippen molar-refractivity contribution >= 4 is 22.4 Å². The number of fused-ring (bicyclic) bond motifs is 1.